The molecule has 7 heteroatoms. The van der Waals surface area contributed by atoms with E-state index in [2.05, 4.69) is 10.0 Å². The highest BCUT2D eigenvalue weighted by atomic mass is 32.2. The molecule has 0 aliphatic carbocycles. The van der Waals surface area contributed by atoms with Gasteiger partial charge < -0.3 is 5.32 Å². The predicted octanol–water partition coefficient (Wildman–Crippen LogP) is 5.11. The number of hydrogen-bond donors (Lipinski definition) is 2. The zero-order valence-electron chi connectivity index (χ0n) is 17.2. The Morgan fingerprint density at radius 3 is 1.83 bits per heavy atom. The van der Waals surface area contributed by atoms with Crippen LogP contribution in [-0.2, 0) is 10.0 Å². The minimum absolute atomic E-state index is 0.196. The summed E-state index contributed by atoms with van der Waals surface area (Å²) in [6.07, 6.45) is 0. The van der Waals surface area contributed by atoms with Gasteiger partial charge >= 0.3 is 0 Å². The zero-order chi connectivity index (χ0) is 22.1. The number of para-hydroxylation sites is 2. The van der Waals surface area contributed by atoms with Gasteiger partial charge in [0.15, 0.2) is 0 Å². The molecule has 0 unspecified atom stereocenters. The van der Waals surface area contributed by atoms with Crippen LogP contribution < -0.4 is 10.0 Å². The molecule has 0 radical (unpaired) electrons. The third-order valence-electron chi connectivity index (χ3n) is 4.93. The molecule has 3 rings (SSSR count). The predicted molar refractivity (Wildman–Crippen MR) is 117 cm³/mol. The molecule has 0 saturated carbocycles. The van der Waals surface area contributed by atoms with Crippen LogP contribution in [0.2, 0.25) is 0 Å². The third kappa shape index (κ3) is 4.36. The molecule has 0 heterocycles. The molecule has 5 nitrogen and oxygen atoms in total. The number of benzene rings is 3. The molecule has 0 saturated heterocycles. The van der Waals surface area contributed by atoms with Crippen molar-refractivity contribution < 1.29 is 17.6 Å². The molecule has 0 aromatic heterocycles. The van der Waals surface area contributed by atoms with Crippen LogP contribution in [0.3, 0.4) is 0 Å². The molecule has 0 aliphatic heterocycles. The molecule has 2 N–H and O–H groups in total. The normalized spacial score (nSPS) is 11.2. The van der Waals surface area contributed by atoms with Crippen molar-refractivity contribution in [2.75, 3.05) is 10.0 Å². The van der Waals surface area contributed by atoms with E-state index in [9.17, 15) is 17.6 Å². The Balaban J connectivity index is 1.95. The van der Waals surface area contributed by atoms with Crippen LogP contribution in [0.25, 0.3) is 0 Å². The number of anilines is 2. The highest BCUT2D eigenvalue weighted by Gasteiger charge is 2.21. The summed E-state index contributed by atoms with van der Waals surface area (Å²) in [5.74, 6) is -1.52. The van der Waals surface area contributed by atoms with Gasteiger partial charge in [0.2, 0.25) is 0 Å². The number of nitrogens with one attached hydrogen (secondary N) is 2. The van der Waals surface area contributed by atoms with Crippen LogP contribution in [0.1, 0.15) is 32.6 Å². The lowest BCUT2D eigenvalue weighted by Crippen LogP contribution is -2.18. The van der Waals surface area contributed by atoms with Crippen LogP contribution in [0.15, 0.2) is 59.5 Å². The van der Waals surface area contributed by atoms with Gasteiger partial charge in [-0.2, -0.15) is 0 Å². The fourth-order valence-electron chi connectivity index (χ4n) is 3.21. The van der Waals surface area contributed by atoms with Gasteiger partial charge in [0.25, 0.3) is 15.9 Å². The molecule has 3 aromatic carbocycles. The van der Waals surface area contributed by atoms with Crippen LogP contribution in [-0.4, -0.2) is 14.3 Å². The number of amides is 1. The molecule has 0 fully saturated rings. The van der Waals surface area contributed by atoms with E-state index in [0.717, 1.165) is 40.5 Å². The van der Waals surface area contributed by atoms with Crippen molar-refractivity contribution in [1.29, 1.82) is 0 Å². The highest BCUT2D eigenvalue weighted by Crippen LogP contribution is 2.25. The van der Waals surface area contributed by atoms with E-state index in [1.807, 2.05) is 38.1 Å². The second-order valence-corrected chi connectivity index (χ2v) is 8.92. The van der Waals surface area contributed by atoms with Gasteiger partial charge in [-0.25, -0.2) is 12.8 Å². The Bertz CT molecular complexity index is 1200. The lowest BCUT2D eigenvalue weighted by atomic mass is 10.1. The summed E-state index contributed by atoms with van der Waals surface area (Å²) in [6.45, 7) is 7.24. The summed E-state index contributed by atoms with van der Waals surface area (Å²) >= 11 is 0. The average molecular weight is 427 g/mol. The monoisotopic (exact) mass is 426 g/mol. The van der Waals surface area contributed by atoms with Gasteiger partial charge in [0.1, 0.15) is 5.82 Å². The van der Waals surface area contributed by atoms with Crippen molar-refractivity contribution in [3.05, 3.63) is 88.2 Å². The van der Waals surface area contributed by atoms with Crippen molar-refractivity contribution in [1.82, 2.24) is 0 Å². The number of aryl methyl sites for hydroxylation is 4. The van der Waals surface area contributed by atoms with Gasteiger partial charge in [0, 0.05) is 5.69 Å². The molecule has 0 bridgehead atoms. The Kier molecular flexibility index (Phi) is 5.94. The summed E-state index contributed by atoms with van der Waals surface area (Å²) in [5, 5.41) is 2.69. The van der Waals surface area contributed by atoms with Gasteiger partial charge in [-0.1, -0.05) is 36.4 Å². The van der Waals surface area contributed by atoms with Gasteiger partial charge in [-0.15, -0.1) is 0 Å². The number of carbonyl (C=O) groups excluding carboxylic acids is 1. The molecule has 0 aliphatic rings. The topological polar surface area (TPSA) is 75.3 Å². The first-order chi connectivity index (χ1) is 14.1. The maximum absolute atomic E-state index is 14.4. The van der Waals surface area contributed by atoms with E-state index in [1.54, 1.807) is 26.0 Å². The first-order valence-electron chi connectivity index (χ1n) is 9.36. The van der Waals surface area contributed by atoms with E-state index in [-0.39, 0.29) is 10.5 Å². The Labute approximate surface area is 176 Å². The fraction of sp³-hybridized carbons (Fsp3) is 0.174. The lowest BCUT2D eigenvalue weighted by molar-refractivity contribution is 0.102. The molecular formula is C23H23FN2O3S. The largest absolute Gasteiger partial charge is 0.321 e. The molecule has 0 atom stereocenters. The Hall–Kier alpha value is -3.19. The summed E-state index contributed by atoms with van der Waals surface area (Å²) in [5.41, 5.74) is 3.85. The lowest BCUT2D eigenvalue weighted by Gasteiger charge is -2.15. The van der Waals surface area contributed by atoms with Gasteiger partial charge in [-0.05, 0) is 68.1 Å². The number of halogens is 1. The minimum atomic E-state index is -4.02. The third-order valence-corrected chi connectivity index (χ3v) is 6.28. The summed E-state index contributed by atoms with van der Waals surface area (Å²) < 4.78 is 42.7. The van der Waals surface area contributed by atoms with Crippen LogP contribution in [0.4, 0.5) is 15.8 Å². The van der Waals surface area contributed by atoms with Crippen molar-refractivity contribution in [3.63, 3.8) is 0 Å². The van der Waals surface area contributed by atoms with Crippen LogP contribution in [0.5, 0.6) is 0 Å². The molecule has 3 aromatic rings. The average Bonchev–Trinajstić information content (AvgIpc) is 2.68. The van der Waals surface area contributed by atoms with E-state index >= 15 is 0 Å². The number of hydrogen-bond acceptors (Lipinski definition) is 3. The smallest absolute Gasteiger partial charge is 0.261 e. The maximum atomic E-state index is 14.4. The van der Waals surface area contributed by atoms with Crippen LogP contribution >= 0.6 is 0 Å². The zero-order valence-corrected chi connectivity index (χ0v) is 18.0. The fourth-order valence-corrected chi connectivity index (χ4v) is 4.44. The number of sulfonamides is 1. The Morgan fingerprint density at radius 1 is 0.800 bits per heavy atom. The molecule has 1 amide bonds. The van der Waals surface area contributed by atoms with Gasteiger partial charge in [0.05, 0.1) is 16.1 Å². The summed E-state index contributed by atoms with van der Waals surface area (Å²) in [7, 11) is -4.02. The van der Waals surface area contributed by atoms with Crippen molar-refractivity contribution in [2.45, 2.75) is 32.6 Å². The van der Waals surface area contributed by atoms with E-state index < -0.39 is 21.7 Å². The highest BCUT2D eigenvalue weighted by molar-refractivity contribution is 7.92. The standard InChI is InChI=1S/C23H23FN2O3S/c1-14-7-5-8-15(2)21(14)25-23(27)19-13-18(11-12-20(19)24)30(28,29)26-22-16(3)9-6-10-17(22)4/h5-13,26H,1-4H3,(H,25,27). The second kappa shape index (κ2) is 8.28. The molecule has 0 spiro atoms. The summed E-state index contributed by atoms with van der Waals surface area (Å²) in [6, 6.07) is 14.1. The second-order valence-electron chi connectivity index (χ2n) is 7.23. The van der Waals surface area contributed by atoms with Crippen molar-refractivity contribution in [3.8, 4) is 0 Å². The van der Waals surface area contributed by atoms with Gasteiger partial charge in [-0.3, -0.25) is 9.52 Å². The number of carbonyl (C=O) groups is 1. The minimum Gasteiger partial charge on any atom is -0.321 e. The number of rotatable bonds is 5. The first-order valence-corrected chi connectivity index (χ1v) is 10.8. The van der Waals surface area contributed by atoms with Crippen LogP contribution in [0, 0.1) is 33.5 Å². The SMILES string of the molecule is Cc1cccc(C)c1NC(=O)c1cc(S(=O)(=O)Nc2c(C)cccc2C)ccc1F. The summed E-state index contributed by atoms with van der Waals surface area (Å²) in [4.78, 5) is 12.5. The first kappa shape index (κ1) is 21.5. The molecular weight excluding hydrogens is 403 g/mol. The van der Waals surface area contributed by atoms with E-state index in [0.29, 0.717) is 11.4 Å². The van der Waals surface area contributed by atoms with Crippen molar-refractivity contribution in [2.24, 2.45) is 0 Å². The Morgan fingerprint density at radius 2 is 1.30 bits per heavy atom. The molecule has 156 valence electrons. The van der Waals surface area contributed by atoms with Crippen molar-refractivity contribution >= 4 is 27.3 Å². The molecule has 30 heavy (non-hydrogen) atoms. The van der Waals surface area contributed by atoms with E-state index in [4.69, 9.17) is 0 Å². The maximum Gasteiger partial charge on any atom is 0.261 e. The quantitative estimate of drug-likeness (QED) is 0.595. The van der Waals surface area contributed by atoms with E-state index in [1.165, 1.54) is 0 Å².